The molecule has 2 N–H and O–H groups in total. The van der Waals surface area contributed by atoms with Crippen LogP contribution in [0.3, 0.4) is 0 Å². The fourth-order valence-corrected chi connectivity index (χ4v) is 2.45. The van der Waals surface area contributed by atoms with Crippen LogP contribution in [0.2, 0.25) is 0 Å². The molecule has 0 aromatic rings. The molecule has 0 aliphatic carbocycles. The van der Waals surface area contributed by atoms with Gasteiger partial charge in [0.25, 0.3) is 10.2 Å². The summed E-state index contributed by atoms with van der Waals surface area (Å²) in [7, 11) is -3.42. The average molecular weight is 192 g/mol. The van der Waals surface area contributed by atoms with E-state index in [1.165, 1.54) is 4.31 Å². The Kier molecular flexibility index (Phi) is 3.09. The minimum absolute atomic E-state index is 0.522. The van der Waals surface area contributed by atoms with Crippen LogP contribution < -0.4 is 5.14 Å². The predicted molar refractivity (Wildman–Crippen MR) is 47.7 cm³/mol. The molecule has 0 amide bonds. The molecule has 4 nitrogen and oxygen atoms in total. The van der Waals surface area contributed by atoms with Crippen molar-refractivity contribution in [3.05, 3.63) is 0 Å². The van der Waals surface area contributed by atoms with Crippen molar-refractivity contribution in [3.63, 3.8) is 0 Å². The molecule has 1 fully saturated rings. The Morgan fingerprint density at radius 2 is 2.25 bits per heavy atom. The van der Waals surface area contributed by atoms with Crippen molar-refractivity contribution >= 4 is 10.2 Å². The zero-order valence-corrected chi connectivity index (χ0v) is 8.18. The highest BCUT2D eigenvalue weighted by atomic mass is 32.2. The van der Waals surface area contributed by atoms with E-state index in [9.17, 15) is 8.42 Å². The van der Waals surface area contributed by atoms with Gasteiger partial charge in [-0.25, -0.2) is 5.14 Å². The molecule has 5 heteroatoms. The fraction of sp³-hybridized carbons (Fsp3) is 1.00. The third-order valence-electron chi connectivity index (χ3n) is 2.31. The Morgan fingerprint density at radius 3 is 2.67 bits per heavy atom. The van der Waals surface area contributed by atoms with Gasteiger partial charge in [0.1, 0.15) is 0 Å². The van der Waals surface area contributed by atoms with Gasteiger partial charge in [-0.15, -0.1) is 0 Å². The van der Waals surface area contributed by atoms with Gasteiger partial charge in [0.2, 0.25) is 0 Å². The number of hydrogen-bond donors (Lipinski definition) is 1. The van der Waals surface area contributed by atoms with Crippen LogP contribution in [-0.2, 0) is 10.2 Å². The third-order valence-corrected chi connectivity index (χ3v) is 3.36. The zero-order valence-electron chi connectivity index (χ0n) is 7.36. The van der Waals surface area contributed by atoms with Gasteiger partial charge in [0, 0.05) is 13.1 Å². The Hall–Kier alpha value is -0.130. The van der Waals surface area contributed by atoms with Crippen LogP contribution in [0.4, 0.5) is 0 Å². The fourth-order valence-electron chi connectivity index (χ4n) is 1.67. The number of nitrogens with zero attached hydrogens (tertiary/aromatic N) is 1. The van der Waals surface area contributed by atoms with E-state index in [-0.39, 0.29) is 0 Å². The molecule has 0 spiro atoms. The summed E-state index contributed by atoms with van der Waals surface area (Å²) >= 11 is 0. The summed E-state index contributed by atoms with van der Waals surface area (Å²) in [6.45, 7) is 3.33. The van der Waals surface area contributed by atoms with E-state index in [0.29, 0.717) is 19.0 Å². The van der Waals surface area contributed by atoms with Gasteiger partial charge < -0.3 is 0 Å². The molecule has 0 radical (unpaired) electrons. The second-order valence-electron chi connectivity index (χ2n) is 3.35. The van der Waals surface area contributed by atoms with Crippen molar-refractivity contribution < 1.29 is 8.42 Å². The molecule has 12 heavy (non-hydrogen) atoms. The molecule has 1 atom stereocenters. The molecule has 72 valence electrons. The predicted octanol–water partition coefficient (Wildman–Crippen LogP) is 0.312. The van der Waals surface area contributed by atoms with Gasteiger partial charge >= 0.3 is 0 Å². The average Bonchev–Trinajstić information content (AvgIpc) is 2.35. The first-order valence-electron chi connectivity index (χ1n) is 4.32. The van der Waals surface area contributed by atoms with Crippen molar-refractivity contribution in [1.82, 2.24) is 4.31 Å². The maximum Gasteiger partial charge on any atom is 0.276 e. The Balaban J connectivity index is 2.46. The summed E-state index contributed by atoms with van der Waals surface area (Å²) < 4.78 is 23.1. The lowest BCUT2D eigenvalue weighted by Gasteiger charge is -2.11. The Labute approximate surface area is 73.9 Å². The number of hydrogen-bond acceptors (Lipinski definition) is 2. The summed E-state index contributed by atoms with van der Waals surface area (Å²) in [5.74, 6) is 0.522. The van der Waals surface area contributed by atoms with E-state index < -0.39 is 10.2 Å². The topological polar surface area (TPSA) is 63.4 Å². The molecule has 0 saturated carbocycles. The monoisotopic (exact) mass is 192 g/mol. The van der Waals surface area contributed by atoms with E-state index in [0.717, 1.165) is 19.3 Å². The molecular weight excluding hydrogens is 176 g/mol. The Morgan fingerprint density at radius 1 is 1.58 bits per heavy atom. The summed E-state index contributed by atoms with van der Waals surface area (Å²) in [6.07, 6.45) is 3.18. The molecular formula is C7H16N2O2S. The van der Waals surface area contributed by atoms with Gasteiger partial charge in [0.15, 0.2) is 0 Å². The minimum atomic E-state index is -3.42. The van der Waals surface area contributed by atoms with Crippen LogP contribution in [0.25, 0.3) is 0 Å². The zero-order chi connectivity index (χ0) is 9.19. The van der Waals surface area contributed by atoms with E-state index in [1.54, 1.807) is 0 Å². The van der Waals surface area contributed by atoms with Crippen molar-refractivity contribution in [1.29, 1.82) is 0 Å². The normalized spacial score (nSPS) is 26.3. The van der Waals surface area contributed by atoms with Gasteiger partial charge in [-0.05, 0) is 18.8 Å². The lowest BCUT2D eigenvalue weighted by Crippen LogP contribution is -2.34. The first-order chi connectivity index (χ1) is 5.54. The summed E-state index contributed by atoms with van der Waals surface area (Å²) in [5, 5.41) is 5.00. The maximum atomic E-state index is 10.9. The van der Waals surface area contributed by atoms with Gasteiger partial charge in [-0.1, -0.05) is 13.3 Å². The van der Waals surface area contributed by atoms with Gasteiger partial charge in [-0.3, -0.25) is 0 Å². The Bertz CT molecular complexity index is 238. The van der Waals surface area contributed by atoms with Crippen molar-refractivity contribution in [2.75, 3.05) is 13.1 Å². The third kappa shape index (κ3) is 2.43. The highest BCUT2D eigenvalue weighted by Crippen LogP contribution is 2.21. The van der Waals surface area contributed by atoms with Crippen LogP contribution in [0.1, 0.15) is 26.2 Å². The molecule has 1 unspecified atom stereocenters. The smallest absolute Gasteiger partial charge is 0.216 e. The first-order valence-corrected chi connectivity index (χ1v) is 5.82. The molecule has 1 saturated heterocycles. The van der Waals surface area contributed by atoms with E-state index in [2.05, 4.69) is 6.92 Å². The van der Waals surface area contributed by atoms with Crippen LogP contribution in [0.15, 0.2) is 0 Å². The highest BCUT2D eigenvalue weighted by Gasteiger charge is 2.27. The second kappa shape index (κ2) is 3.72. The second-order valence-corrected chi connectivity index (χ2v) is 4.89. The molecule has 0 aromatic heterocycles. The van der Waals surface area contributed by atoms with Gasteiger partial charge in [-0.2, -0.15) is 12.7 Å². The van der Waals surface area contributed by atoms with Crippen molar-refractivity contribution in [3.8, 4) is 0 Å². The first kappa shape index (κ1) is 9.95. The van der Waals surface area contributed by atoms with Crippen LogP contribution in [0, 0.1) is 5.92 Å². The molecule has 1 aliphatic heterocycles. The maximum absolute atomic E-state index is 10.9. The largest absolute Gasteiger partial charge is 0.276 e. The standard InChI is InChI=1S/C7H16N2O2S/c1-2-3-7-4-5-9(6-7)12(8,10)11/h7H,2-6H2,1H3,(H2,8,10,11). The SMILES string of the molecule is CCCC1CCN(S(N)(=O)=O)C1. The van der Waals surface area contributed by atoms with Gasteiger partial charge in [0.05, 0.1) is 0 Å². The number of nitrogens with two attached hydrogens (primary N) is 1. The minimum Gasteiger partial charge on any atom is -0.216 e. The summed E-state index contributed by atoms with van der Waals surface area (Å²) in [5.41, 5.74) is 0. The molecule has 1 aliphatic rings. The van der Waals surface area contributed by atoms with Crippen LogP contribution in [0.5, 0.6) is 0 Å². The van der Waals surface area contributed by atoms with Crippen LogP contribution >= 0.6 is 0 Å². The summed E-state index contributed by atoms with van der Waals surface area (Å²) in [4.78, 5) is 0. The van der Waals surface area contributed by atoms with Crippen LogP contribution in [-0.4, -0.2) is 25.8 Å². The van der Waals surface area contributed by atoms with E-state index in [4.69, 9.17) is 5.14 Å². The summed E-state index contributed by atoms with van der Waals surface area (Å²) in [6, 6.07) is 0. The molecule has 0 bridgehead atoms. The number of rotatable bonds is 3. The lowest BCUT2D eigenvalue weighted by atomic mass is 10.0. The quantitative estimate of drug-likeness (QED) is 0.699. The molecule has 1 rings (SSSR count). The van der Waals surface area contributed by atoms with Crippen molar-refractivity contribution in [2.45, 2.75) is 26.2 Å². The molecule has 1 heterocycles. The molecule has 0 aromatic carbocycles. The van der Waals surface area contributed by atoms with E-state index in [1.807, 2.05) is 0 Å². The highest BCUT2D eigenvalue weighted by molar-refractivity contribution is 7.86. The van der Waals surface area contributed by atoms with E-state index >= 15 is 0 Å². The lowest BCUT2D eigenvalue weighted by molar-refractivity contribution is 0.445. The van der Waals surface area contributed by atoms with Crippen molar-refractivity contribution in [2.24, 2.45) is 11.1 Å².